The van der Waals surface area contributed by atoms with Gasteiger partial charge in [0.25, 0.3) is 5.91 Å². The minimum atomic E-state index is -4.54. The molecular weight excluding hydrogens is 584 g/mol. The number of nitrogens with zero attached hydrogens (tertiary/aromatic N) is 1. The smallest absolute Gasteiger partial charge is 0.446 e. The summed E-state index contributed by atoms with van der Waals surface area (Å²) in [6.07, 6.45) is -4.80. The van der Waals surface area contributed by atoms with Crippen LogP contribution in [0.5, 0.6) is 0 Å². The van der Waals surface area contributed by atoms with Crippen LogP contribution in [0.3, 0.4) is 0 Å². The van der Waals surface area contributed by atoms with Crippen LogP contribution in [0.15, 0.2) is 65.6 Å². The third kappa shape index (κ3) is 9.79. The molecule has 3 N–H and O–H groups in total. The summed E-state index contributed by atoms with van der Waals surface area (Å²) < 4.78 is 76.6. The van der Waals surface area contributed by atoms with Crippen molar-refractivity contribution in [3.05, 3.63) is 81.5 Å². The monoisotopic (exact) mass is 605 g/mol. The van der Waals surface area contributed by atoms with Gasteiger partial charge in [-0.15, -0.1) is 11.3 Å². The van der Waals surface area contributed by atoms with E-state index in [9.17, 15) is 40.7 Å². The quantitative estimate of drug-likeness (QED) is 0.174. The molecule has 3 amide bonds. The van der Waals surface area contributed by atoms with Crippen LogP contribution in [-0.2, 0) is 24.1 Å². The van der Waals surface area contributed by atoms with Crippen LogP contribution in [0.25, 0.3) is 0 Å². The van der Waals surface area contributed by atoms with Gasteiger partial charge in [0.1, 0.15) is 0 Å². The Hall–Kier alpha value is -3.72. The molecule has 1 aromatic heterocycles. The number of thioether (sulfide) groups is 1. The number of benzene rings is 2. The van der Waals surface area contributed by atoms with Gasteiger partial charge in [-0.2, -0.15) is 26.3 Å². The van der Waals surface area contributed by atoms with E-state index in [1.165, 1.54) is 47.4 Å². The number of carboxylic acids is 1. The molecule has 0 saturated heterocycles. The molecule has 2 aromatic carbocycles. The average Bonchev–Trinajstić information content (AvgIpc) is 3.32. The first-order chi connectivity index (χ1) is 18.7. The Morgan fingerprint density at radius 2 is 1.52 bits per heavy atom. The van der Waals surface area contributed by atoms with Crippen LogP contribution in [-0.4, -0.2) is 40.0 Å². The van der Waals surface area contributed by atoms with Gasteiger partial charge >= 0.3 is 23.7 Å². The van der Waals surface area contributed by atoms with Gasteiger partial charge in [-0.25, -0.2) is 4.79 Å². The van der Waals surface area contributed by atoms with Crippen LogP contribution in [0.1, 0.15) is 32.1 Å². The van der Waals surface area contributed by atoms with Crippen LogP contribution in [0.2, 0.25) is 0 Å². The van der Waals surface area contributed by atoms with Crippen LogP contribution in [0.4, 0.5) is 36.8 Å². The van der Waals surface area contributed by atoms with Gasteiger partial charge in [0, 0.05) is 28.5 Å². The number of carbonyl (C=O) groups is 3. The topological polar surface area (TPSA) is 98.7 Å². The number of carbonyl (C=O) groups excluding carboxylic acids is 2. The molecule has 0 spiro atoms. The summed E-state index contributed by atoms with van der Waals surface area (Å²) >= 11 is 0.725. The van der Waals surface area contributed by atoms with E-state index < -0.39 is 35.2 Å². The molecule has 214 valence electrons. The molecule has 0 aliphatic heterocycles. The number of urea groups is 1. The van der Waals surface area contributed by atoms with Crippen molar-refractivity contribution in [2.45, 2.75) is 36.1 Å². The molecule has 0 radical (unpaired) electrons. The van der Waals surface area contributed by atoms with E-state index in [0.717, 1.165) is 23.5 Å². The van der Waals surface area contributed by atoms with Gasteiger partial charge in [0.15, 0.2) is 0 Å². The Bertz CT molecular complexity index is 1330. The Morgan fingerprint density at radius 1 is 0.875 bits per heavy atom. The molecule has 0 atom stereocenters. The number of thiophene rings is 1. The Kier molecular flexibility index (Phi) is 10.1. The number of rotatable bonds is 10. The third-order valence-corrected chi connectivity index (χ3v) is 6.95. The van der Waals surface area contributed by atoms with E-state index in [1.807, 2.05) is 0 Å². The Balaban J connectivity index is 1.76. The zero-order chi connectivity index (χ0) is 29.5. The zero-order valence-corrected chi connectivity index (χ0v) is 21.9. The number of anilines is 1. The average molecular weight is 606 g/mol. The normalized spacial score (nSPS) is 11.7. The summed E-state index contributed by atoms with van der Waals surface area (Å²) in [5.74, 6) is -1.58. The molecule has 15 heteroatoms. The molecule has 3 aromatic rings. The van der Waals surface area contributed by atoms with Gasteiger partial charge in [-0.1, -0.05) is 12.1 Å². The number of carboxylic acid groups (broad SMARTS) is 1. The lowest BCUT2D eigenvalue weighted by molar-refractivity contribution is -0.138. The number of amides is 3. The van der Waals surface area contributed by atoms with E-state index in [-0.39, 0.29) is 53.3 Å². The first-order valence-corrected chi connectivity index (χ1v) is 13.0. The number of hydrogen-bond acceptors (Lipinski definition) is 5. The molecule has 0 fully saturated rings. The standard InChI is InChI=1S/C25H21F6N3O4S2/c26-24(27,28)16-3-1-15(2-4-16)13-34(14-19-9-10-20(39-19)22(37)32-12-11-21(35)36)23(38)33-17-5-7-18(8-6-17)40-25(29,30)31/h1-10H,11-14H2,(H,32,37)(H,33,38)(H,35,36). The molecule has 7 nitrogen and oxygen atoms in total. The van der Waals surface area contributed by atoms with Crippen LogP contribution < -0.4 is 10.6 Å². The van der Waals surface area contributed by atoms with Crippen molar-refractivity contribution in [3.8, 4) is 0 Å². The van der Waals surface area contributed by atoms with Crippen molar-refractivity contribution >= 4 is 46.7 Å². The second-order valence-electron chi connectivity index (χ2n) is 8.22. The van der Waals surface area contributed by atoms with Gasteiger partial charge in [-0.3, -0.25) is 9.59 Å². The van der Waals surface area contributed by atoms with Crippen LogP contribution in [0, 0.1) is 0 Å². The maximum absolute atomic E-state index is 13.1. The molecular formula is C25H21F6N3O4S2. The lowest BCUT2D eigenvalue weighted by Gasteiger charge is -2.23. The van der Waals surface area contributed by atoms with Crippen molar-refractivity contribution < 1.29 is 45.8 Å². The summed E-state index contributed by atoms with van der Waals surface area (Å²) in [7, 11) is 0. The minimum Gasteiger partial charge on any atom is -0.481 e. The second kappa shape index (κ2) is 13.1. The SMILES string of the molecule is O=C(O)CCNC(=O)c1ccc(CN(Cc2ccc(C(F)(F)F)cc2)C(=O)Nc2ccc(SC(F)(F)F)cc2)s1. The molecule has 1 heterocycles. The molecule has 40 heavy (non-hydrogen) atoms. The van der Waals surface area contributed by atoms with Crippen molar-refractivity contribution in [1.29, 1.82) is 0 Å². The number of nitrogens with one attached hydrogen (secondary N) is 2. The highest BCUT2D eigenvalue weighted by atomic mass is 32.2. The van der Waals surface area contributed by atoms with Crippen molar-refractivity contribution in [3.63, 3.8) is 0 Å². The van der Waals surface area contributed by atoms with Gasteiger partial charge < -0.3 is 20.6 Å². The predicted octanol–water partition coefficient (Wildman–Crippen LogP) is 6.82. The fourth-order valence-corrected chi connectivity index (χ4v) is 4.78. The summed E-state index contributed by atoms with van der Waals surface area (Å²) in [5, 5.41) is 13.7. The summed E-state index contributed by atoms with van der Waals surface area (Å²) in [6, 6.07) is 11.5. The first-order valence-electron chi connectivity index (χ1n) is 11.4. The largest absolute Gasteiger partial charge is 0.481 e. The lowest BCUT2D eigenvalue weighted by atomic mass is 10.1. The van der Waals surface area contributed by atoms with E-state index in [4.69, 9.17) is 5.11 Å². The molecule has 0 aliphatic carbocycles. The van der Waals surface area contributed by atoms with Gasteiger partial charge in [0.2, 0.25) is 0 Å². The molecule has 0 unspecified atom stereocenters. The highest BCUT2D eigenvalue weighted by Crippen LogP contribution is 2.37. The van der Waals surface area contributed by atoms with E-state index >= 15 is 0 Å². The van der Waals surface area contributed by atoms with Crippen molar-refractivity contribution in [1.82, 2.24) is 10.2 Å². The van der Waals surface area contributed by atoms with Crippen molar-refractivity contribution in [2.24, 2.45) is 0 Å². The number of alkyl halides is 6. The fraction of sp³-hybridized carbons (Fsp3) is 0.240. The summed E-state index contributed by atoms with van der Waals surface area (Å²) in [5.41, 5.74) is -4.77. The maximum atomic E-state index is 13.1. The summed E-state index contributed by atoms with van der Waals surface area (Å²) in [4.78, 5) is 38.0. The van der Waals surface area contributed by atoms with Crippen LogP contribution >= 0.6 is 23.1 Å². The Labute approximate surface area is 232 Å². The van der Waals surface area contributed by atoms with Crippen molar-refractivity contribution in [2.75, 3.05) is 11.9 Å². The third-order valence-electron chi connectivity index (χ3n) is 5.14. The molecule has 0 bridgehead atoms. The minimum absolute atomic E-state index is 0.0536. The number of hydrogen-bond donors (Lipinski definition) is 3. The van der Waals surface area contributed by atoms with Gasteiger partial charge in [-0.05, 0) is 65.9 Å². The van der Waals surface area contributed by atoms with E-state index in [0.29, 0.717) is 10.4 Å². The zero-order valence-electron chi connectivity index (χ0n) is 20.3. The Morgan fingerprint density at radius 3 is 2.10 bits per heavy atom. The highest BCUT2D eigenvalue weighted by molar-refractivity contribution is 8.00. The van der Waals surface area contributed by atoms with E-state index in [1.54, 1.807) is 6.07 Å². The second-order valence-corrected chi connectivity index (χ2v) is 10.5. The maximum Gasteiger partial charge on any atom is 0.446 e. The fourth-order valence-electron chi connectivity index (χ4n) is 3.30. The molecule has 0 saturated carbocycles. The van der Waals surface area contributed by atoms with E-state index in [2.05, 4.69) is 10.6 Å². The first kappa shape index (κ1) is 30.8. The highest BCUT2D eigenvalue weighted by Gasteiger charge is 2.30. The molecule has 3 rings (SSSR count). The molecule has 0 aliphatic rings. The summed E-state index contributed by atoms with van der Waals surface area (Å²) in [6.45, 7) is -0.254. The number of aliphatic carboxylic acids is 1. The predicted molar refractivity (Wildman–Crippen MR) is 137 cm³/mol. The van der Waals surface area contributed by atoms with Gasteiger partial charge in [0.05, 0.1) is 23.4 Å². The number of halogens is 6. The lowest BCUT2D eigenvalue weighted by Crippen LogP contribution is -2.33.